The fraction of sp³-hybridized carbons (Fsp3) is 0.200. The molecule has 0 bridgehead atoms. The Hall–Kier alpha value is -3.24. The second kappa shape index (κ2) is 13.1. The van der Waals surface area contributed by atoms with Crippen LogP contribution in [0.5, 0.6) is 0 Å². The van der Waals surface area contributed by atoms with Gasteiger partial charge in [0.2, 0.25) is 0 Å². The van der Waals surface area contributed by atoms with Gasteiger partial charge in [-0.15, -0.1) is 0 Å². The van der Waals surface area contributed by atoms with Crippen LogP contribution in [0.25, 0.3) is 43.6 Å². The molecule has 19 heteroatoms. The van der Waals surface area contributed by atoms with Gasteiger partial charge < -0.3 is 0 Å². The van der Waals surface area contributed by atoms with Crippen molar-refractivity contribution in [2.24, 2.45) is 0 Å². The van der Waals surface area contributed by atoms with Gasteiger partial charge in [0.1, 0.15) is 0 Å². The molecule has 0 amide bonds. The van der Waals surface area contributed by atoms with Crippen LogP contribution in [0.2, 0.25) is 0 Å². The van der Waals surface area contributed by atoms with E-state index in [2.05, 4.69) is 96.2 Å². The Bertz CT molecular complexity index is 1920. The number of hydrogen-bond acceptors (Lipinski definition) is 4. The summed E-state index contributed by atoms with van der Waals surface area (Å²) in [5.74, 6) is 1.01. The third-order valence-electron chi connectivity index (χ3n) is 6.22. The van der Waals surface area contributed by atoms with Gasteiger partial charge in [0, 0.05) is 46.3 Å². The minimum atomic E-state index is -10.7. The first-order valence-corrected chi connectivity index (χ1v) is 17.9. The molecule has 4 nitrogen and oxygen atoms in total. The van der Waals surface area contributed by atoms with Gasteiger partial charge in [-0.1, -0.05) is 64.1 Å². The largest absolute Gasteiger partial charge is 2.00 e. The molecule has 0 N–H and O–H groups in total. The Morgan fingerprint density at radius 2 is 0.694 bits per heavy atom. The predicted octanol–water partition coefficient (Wildman–Crippen LogP) is 14.6. The summed E-state index contributed by atoms with van der Waals surface area (Å²) in [4.78, 5) is 18.0. The Balaban J connectivity index is 0.000000246. The molecule has 49 heavy (non-hydrogen) atoms. The number of nitrogens with zero attached hydrogens (tertiary/aromatic N) is 4. The van der Waals surface area contributed by atoms with Crippen molar-refractivity contribution in [2.75, 3.05) is 0 Å². The Labute approximate surface area is 285 Å². The molecule has 272 valence electrons. The van der Waals surface area contributed by atoms with Crippen LogP contribution >= 0.6 is 15.6 Å². The summed E-state index contributed by atoms with van der Waals surface area (Å²) >= 11 is 0. The van der Waals surface area contributed by atoms with Crippen molar-refractivity contribution < 1.29 is 70.8 Å². The van der Waals surface area contributed by atoms with Crippen LogP contribution < -0.4 is 0 Å². The molecular weight excluding hydrogens is 813 g/mol. The first-order chi connectivity index (χ1) is 21.4. The van der Waals surface area contributed by atoms with E-state index >= 15 is 0 Å². The molecule has 0 radical (unpaired) electrons. The van der Waals surface area contributed by atoms with Gasteiger partial charge in [-0.05, 0) is 47.2 Å². The molecule has 2 aromatic carbocycles. The Morgan fingerprint density at radius 3 is 0.980 bits per heavy atom. The van der Waals surface area contributed by atoms with Gasteiger partial charge in [-0.25, -0.2) is 0 Å². The van der Waals surface area contributed by atoms with Crippen molar-refractivity contribution in [3.8, 4) is 0 Å². The fourth-order valence-electron chi connectivity index (χ4n) is 4.14. The van der Waals surface area contributed by atoms with E-state index in [0.717, 1.165) is 32.8 Å². The third-order valence-corrected chi connectivity index (χ3v) is 6.22. The van der Waals surface area contributed by atoms with Crippen LogP contribution in [-0.2, 0) is 20.4 Å². The number of hydrogen-bond donors (Lipinski definition) is 0. The van der Waals surface area contributed by atoms with Crippen LogP contribution in [0.1, 0.15) is 50.7 Å². The summed E-state index contributed by atoms with van der Waals surface area (Å²) in [6, 6.07) is 20.9. The third kappa shape index (κ3) is 16.3. The van der Waals surface area contributed by atoms with Crippen LogP contribution in [0.3, 0.4) is 0 Å². The van der Waals surface area contributed by atoms with Crippen molar-refractivity contribution in [3.05, 3.63) is 96.6 Å². The van der Waals surface area contributed by atoms with Crippen LogP contribution in [0, 0.1) is 0 Å². The summed E-state index contributed by atoms with van der Waals surface area (Å²) < 4.78 is 118. The number of rotatable bonds is 2. The van der Waals surface area contributed by atoms with Crippen LogP contribution in [0.15, 0.2) is 85.5 Å². The molecule has 0 aliphatic carbocycles. The SMILES string of the molecule is CC(C)c1cnc2c(ccc3cccnc32)c1.CC(C)c1cnc2c(ccc3cccnc32)c1.F[P-](F)(F)(F)(F)F.F[P-](F)(F)(F)(F)F.[Pd+2]. The second-order valence-electron chi connectivity index (χ2n) is 11.2. The van der Waals surface area contributed by atoms with Crippen molar-refractivity contribution >= 4 is 59.2 Å². The molecule has 0 atom stereocenters. The van der Waals surface area contributed by atoms with E-state index in [1.807, 2.05) is 36.9 Å². The zero-order chi connectivity index (χ0) is 36.5. The molecule has 0 aliphatic heterocycles. The molecule has 0 aliphatic rings. The molecule has 0 saturated carbocycles. The molecule has 4 heterocycles. The van der Waals surface area contributed by atoms with E-state index in [1.54, 1.807) is 0 Å². The van der Waals surface area contributed by atoms with E-state index in [9.17, 15) is 50.4 Å². The monoisotopic (exact) mass is 840 g/mol. The summed E-state index contributed by atoms with van der Waals surface area (Å²) in [7, 11) is -21.3. The normalized spacial score (nSPS) is 14.6. The number of aromatic nitrogens is 4. The topological polar surface area (TPSA) is 51.6 Å². The van der Waals surface area contributed by atoms with Gasteiger partial charge >= 0.3 is 86.4 Å². The molecular formula is C30H28F12N4P2Pd. The van der Waals surface area contributed by atoms with E-state index < -0.39 is 15.6 Å². The second-order valence-corrected chi connectivity index (χ2v) is 15.0. The van der Waals surface area contributed by atoms with Crippen molar-refractivity contribution in [1.29, 1.82) is 0 Å². The van der Waals surface area contributed by atoms with Crippen LogP contribution in [-0.4, -0.2) is 19.9 Å². The zero-order valence-electron chi connectivity index (χ0n) is 25.8. The summed E-state index contributed by atoms with van der Waals surface area (Å²) in [5, 5.41) is 4.62. The van der Waals surface area contributed by atoms with Gasteiger partial charge in [0.05, 0.1) is 22.1 Å². The maximum atomic E-state index is 9.87. The van der Waals surface area contributed by atoms with Gasteiger partial charge in [-0.3, -0.25) is 19.9 Å². The summed E-state index contributed by atoms with van der Waals surface area (Å²) in [6.07, 6.45) is 7.56. The average molecular weight is 841 g/mol. The van der Waals surface area contributed by atoms with Gasteiger partial charge in [0.25, 0.3) is 0 Å². The summed E-state index contributed by atoms with van der Waals surface area (Å²) in [6.45, 7) is 8.73. The molecule has 6 rings (SSSR count). The minimum absolute atomic E-state index is 0. The van der Waals surface area contributed by atoms with Gasteiger partial charge in [0.15, 0.2) is 0 Å². The maximum absolute atomic E-state index is 10.7. The summed E-state index contributed by atoms with van der Waals surface area (Å²) in [5.41, 5.74) is 6.50. The van der Waals surface area contributed by atoms with E-state index in [0.29, 0.717) is 11.8 Å². The maximum Gasteiger partial charge on any atom is 2.00 e. The quantitative estimate of drug-likeness (QED) is 0.0754. The minimum Gasteiger partial charge on any atom is 2.00 e. The fourth-order valence-corrected chi connectivity index (χ4v) is 4.14. The van der Waals surface area contributed by atoms with Crippen molar-refractivity contribution in [3.63, 3.8) is 0 Å². The standard InChI is InChI=1S/2C15H14N2.2F6P.Pd/c2*1-10(2)13-8-12-6-5-11-4-3-7-16-14(11)15(12)17-9-13;2*1-7(2,3,4,5)6;/h2*3-10H,1-2H3;;;/q;;2*-1;+2. The molecule has 4 aromatic heterocycles. The van der Waals surface area contributed by atoms with E-state index in [4.69, 9.17) is 0 Å². The predicted molar refractivity (Wildman–Crippen MR) is 169 cm³/mol. The first-order valence-electron chi connectivity index (χ1n) is 13.8. The van der Waals surface area contributed by atoms with Crippen molar-refractivity contribution in [2.45, 2.75) is 39.5 Å². The first kappa shape index (κ1) is 41.9. The molecule has 6 aromatic rings. The van der Waals surface area contributed by atoms with Gasteiger partial charge in [-0.2, -0.15) is 0 Å². The molecule has 0 saturated heterocycles. The number of halogens is 12. The van der Waals surface area contributed by atoms with Crippen molar-refractivity contribution in [1.82, 2.24) is 19.9 Å². The van der Waals surface area contributed by atoms with E-state index in [1.165, 1.54) is 21.9 Å². The zero-order valence-corrected chi connectivity index (χ0v) is 29.1. The molecule has 0 spiro atoms. The van der Waals surface area contributed by atoms with Crippen LogP contribution in [0.4, 0.5) is 50.4 Å². The average Bonchev–Trinajstić information content (AvgIpc) is 2.93. The molecule has 0 unspecified atom stereocenters. The number of fused-ring (bicyclic) bond motifs is 6. The Kier molecular flexibility index (Phi) is 11.2. The number of benzene rings is 2. The number of pyridine rings is 4. The van der Waals surface area contributed by atoms with E-state index in [-0.39, 0.29) is 20.4 Å². The Morgan fingerprint density at radius 1 is 0.429 bits per heavy atom. The molecule has 0 fully saturated rings. The smallest absolute Gasteiger partial charge is 2.00 e.